The molecule has 0 N–H and O–H groups in total. The molecule has 1 rings (SSSR count). The lowest BCUT2D eigenvalue weighted by Crippen LogP contribution is -1.92. The zero-order valence-electron chi connectivity index (χ0n) is 12.9. The molecule has 1 atom stereocenters. The highest BCUT2D eigenvalue weighted by molar-refractivity contribution is 5.13. The lowest BCUT2D eigenvalue weighted by Gasteiger charge is -1.97. The number of halogens is 2. The topological polar surface area (TPSA) is 0 Å². The summed E-state index contributed by atoms with van der Waals surface area (Å²) in [6, 6.07) is 6.50. The summed E-state index contributed by atoms with van der Waals surface area (Å²) in [6.07, 6.45) is 4.68. The maximum Gasteiger partial charge on any atom is 0.123 e. The summed E-state index contributed by atoms with van der Waals surface area (Å²) in [4.78, 5) is 0. The first-order valence-electron chi connectivity index (χ1n) is 6.63. The van der Waals surface area contributed by atoms with Crippen molar-refractivity contribution < 1.29 is 8.78 Å². The Labute approximate surface area is 116 Å². The van der Waals surface area contributed by atoms with Crippen molar-refractivity contribution in [2.45, 2.75) is 47.7 Å². The Kier molecular flexibility index (Phi) is 13.6. The van der Waals surface area contributed by atoms with Gasteiger partial charge < -0.3 is 0 Å². The first-order chi connectivity index (χ1) is 8.97. The predicted molar refractivity (Wildman–Crippen MR) is 81.6 cm³/mol. The Morgan fingerprint density at radius 1 is 1.26 bits per heavy atom. The van der Waals surface area contributed by atoms with Gasteiger partial charge in [-0.15, -0.1) is 0 Å². The minimum atomic E-state index is -0.818. The second-order valence-corrected chi connectivity index (χ2v) is 3.85. The highest BCUT2D eigenvalue weighted by Crippen LogP contribution is 2.03. The molecule has 0 saturated heterocycles. The fraction of sp³-hybridized carbons (Fsp3) is 0.412. The van der Waals surface area contributed by atoms with Gasteiger partial charge in [-0.25, -0.2) is 8.78 Å². The van der Waals surface area contributed by atoms with Gasteiger partial charge in [-0.3, -0.25) is 0 Å². The zero-order chi connectivity index (χ0) is 15.3. The van der Waals surface area contributed by atoms with Crippen LogP contribution in [0.25, 0.3) is 0 Å². The van der Waals surface area contributed by atoms with E-state index in [2.05, 4.69) is 0 Å². The fourth-order valence-electron chi connectivity index (χ4n) is 0.986. The summed E-state index contributed by atoms with van der Waals surface area (Å²) in [5, 5.41) is 0. The number of rotatable bonds is 2. The molecule has 0 spiro atoms. The second-order valence-electron chi connectivity index (χ2n) is 3.85. The third-order valence-electron chi connectivity index (χ3n) is 2.16. The van der Waals surface area contributed by atoms with Crippen molar-refractivity contribution in [2.24, 2.45) is 0 Å². The van der Waals surface area contributed by atoms with Crippen LogP contribution in [-0.2, 0) is 0 Å². The van der Waals surface area contributed by atoms with E-state index in [0.717, 1.165) is 11.1 Å². The predicted octanol–water partition coefficient (Wildman–Crippen LogP) is 6.03. The molecule has 0 saturated carbocycles. The highest BCUT2D eigenvalue weighted by Gasteiger charge is 1.96. The normalized spacial score (nSPS) is 12.1. The molecule has 1 aromatic carbocycles. The monoisotopic (exact) mass is 268 g/mol. The number of hydrogen-bond acceptors (Lipinski definition) is 0. The van der Waals surface area contributed by atoms with Crippen LogP contribution in [0.4, 0.5) is 8.78 Å². The van der Waals surface area contributed by atoms with Gasteiger partial charge in [-0.2, -0.15) is 0 Å². The van der Waals surface area contributed by atoms with E-state index in [1.807, 2.05) is 45.9 Å². The van der Waals surface area contributed by atoms with E-state index in [1.165, 1.54) is 19.1 Å². The van der Waals surface area contributed by atoms with Crippen LogP contribution in [0.2, 0.25) is 0 Å². The molecule has 0 aliphatic rings. The van der Waals surface area contributed by atoms with Gasteiger partial charge in [0.05, 0.1) is 0 Å². The molecule has 0 aliphatic heterocycles. The molecule has 108 valence electrons. The number of benzene rings is 1. The summed E-state index contributed by atoms with van der Waals surface area (Å²) >= 11 is 0. The molecule has 2 heteroatoms. The summed E-state index contributed by atoms with van der Waals surface area (Å²) < 4.78 is 24.5. The highest BCUT2D eigenvalue weighted by atomic mass is 19.1. The molecule has 0 heterocycles. The Morgan fingerprint density at radius 3 is 2.16 bits per heavy atom. The third-order valence-corrected chi connectivity index (χ3v) is 2.16. The Morgan fingerprint density at radius 2 is 1.84 bits per heavy atom. The summed E-state index contributed by atoms with van der Waals surface area (Å²) in [5.41, 5.74) is 1.73. The third kappa shape index (κ3) is 12.8. The quantitative estimate of drug-likeness (QED) is 0.575. The molecular formula is C17H26F2. The van der Waals surface area contributed by atoms with Gasteiger partial charge >= 0.3 is 0 Å². The maximum absolute atomic E-state index is 12.3. The molecule has 0 aliphatic carbocycles. The van der Waals surface area contributed by atoms with Crippen molar-refractivity contribution in [2.75, 3.05) is 0 Å². The van der Waals surface area contributed by atoms with Gasteiger partial charge in [-0.1, -0.05) is 44.2 Å². The molecule has 1 unspecified atom stereocenters. The standard InChI is InChI=1S/C8H13F.C7H7F.C2H6/c1-4-5-6-7(2)8(3)9;1-6-3-2-4-7(8)5-6;1-2/h4-6,8H,1-3H3;2-5H,1H3;1-2H3/b5-4-,7-6-;;. The lowest BCUT2D eigenvalue weighted by atomic mass is 10.2. The smallest absolute Gasteiger partial charge is 0.123 e. The van der Waals surface area contributed by atoms with Crippen molar-refractivity contribution in [3.8, 4) is 0 Å². The van der Waals surface area contributed by atoms with Gasteiger partial charge in [0.15, 0.2) is 0 Å². The average molecular weight is 268 g/mol. The first-order valence-corrected chi connectivity index (χ1v) is 6.63. The molecule has 0 radical (unpaired) electrons. The van der Waals surface area contributed by atoms with E-state index in [0.29, 0.717) is 0 Å². The van der Waals surface area contributed by atoms with Crippen LogP contribution in [0.3, 0.4) is 0 Å². The van der Waals surface area contributed by atoms with Crippen LogP contribution in [0.5, 0.6) is 0 Å². The number of hydrogen-bond donors (Lipinski definition) is 0. The van der Waals surface area contributed by atoms with Gasteiger partial charge in [0.1, 0.15) is 12.0 Å². The van der Waals surface area contributed by atoms with Crippen molar-refractivity contribution in [1.29, 1.82) is 0 Å². The van der Waals surface area contributed by atoms with Crippen LogP contribution >= 0.6 is 0 Å². The van der Waals surface area contributed by atoms with E-state index in [1.54, 1.807) is 19.1 Å². The molecule has 0 bridgehead atoms. The van der Waals surface area contributed by atoms with Crippen LogP contribution < -0.4 is 0 Å². The van der Waals surface area contributed by atoms with Gasteiger partial charge in [0.2, 0.25) is 0 Å². The minimum Gasteiger partial charge on any atom is -0.243 e. The van der Waals surface area contributed by atoms with Gasteiger partial charge in [0, 0.05) is 0 Å². The minimum absolute atomic E-state index is 0.162. The van der Waals surface area contributed by atoms with Crippen molar-refractivity contribution in [3.05, 3.63) is 59.4 Å². The Balaban J connectivity index is 0. The number of aryl methyl sites for hydroxylation is 1. The van der Waals surface area contributed by atoms with E-state index in [4.69, 9.17) is 0 Å². The maximum atomic E-state index is 12.3. The molecule has 0 amide bonds. The van der Waals surface area contributed by atoms with Crippen LogP contribution in [-0.4, -0.2) is 6.17 Å². The van der Waals surface area contributed by atoms with Crippen molar-refractivity contribution in [1.82, 2.24) is 0 Å². The van der Waals surface area contributed by atoms with Gasteiger partial charge in [-0.05, 0) is 51.0 Å². The molecule has 0 aromatic heterocycles. The van der Waals surface area contributed by atoms with E-state index >= 15 is 0 Å². The van der Waals surface area contributed by atoms with Crippen molar-refractivity contribution in [3.63, 3.8) is 0 Å². The van der Waals surface area contributed by atoms with E-state index in [-0.39, 0.29) is 5.82 Å². The molecule has 0 nitrogen and oxygen atoms in total. The van der Waals surface area contributed by atoms with E-state index in [9.17, 15) is 8.78 Å². The fourth-order valence-corrected chi connectivity index (χ4v) is 0.986. The largest absolute Gasteiger partial charge is 0.243 e. The van der Waals surface area contributed by atoms with Gasteiger partial charge in [0.25, 0.3) is 0 Å². The SMILES string of the molecule is C/C=C\C=C(\C)C(C)F.CC.Cc1cccc(F)c1. The molecule has 1 aromatic rings. The summed E-state index contributed by atoms with van der Waals surface area (Å²) in [5.74, 6) is -0.162. The first kappa shape index (κ1) is 19.9. The molecule has 0 fully saturated rings. The molecular weight excluding hydrogens is 242 g/mol. The van der Waals surface area contributed by atoms with Crippen LogP contribution in [0.1, 0.15) is 40.2 Å². The number of allylic oxidation sites excluding steroid dienone is 4. The zero-order valence-corrected chi connectivity index (χ0v) is 12.9. The molecule has 19 heavy (non-hydrogen) atoms. The lowest BCUT2D eigenvalue weighted by molar-refractivity contribution is 0.411. The van der Waals surface area contributed by atoms with Crippen LogP contribution in [0, 0.1) is 12.7 Å². The second kappa shape index (κ2) is 13.0. The Bertz CT molecular complexity index is 359. The summed E-state index contributed by atoms with van der Waals surface area (Å²) in [6.45, 7) is 11.1. The number of alkyl halides is 1. The Hall–Kier alpha value is -1.44. The van der Waals surface area contributed by atoms with E-state index < -0.39 is 6.17 Å². The van der Waals surface area contributed by atoms with Crippen molar-refractivity contribution >= 4 is 0 Å². The summed E-state index contributed by atoms with van der Waals surface area (Å²) in [7, 11) is 0. The average Bonchev–Trinajstić information content (AvgIpc) is 2.38. The van der Waals surface area contributed by atoms with Crippen LogP contribution in [0.15, 0.2) is 48.1 Å².